The van der Waals surface area contributed by atoms with Crippen molar-refractivity contribution in [2.75, 3.05) is 32.1 Å². The van der Waals surface area contributed by atoms with Gasteiger partial charge in [0.05, 0.1) is 0 Å². The van der Waals surface area contributed by atoms with E-state index >= 15 is 0 Å². The van der Waals surface area contributed by atoms with Crippen LogP contribution in [-0.4, -0.2) is 38.1 Å². The lowest BCUT2D eigenvalue weighted by Crippen LogP contribution is -2.38. The molecule has 2 heteroatoms. The second-order valence-electron chi connectivity index (χ2n) is 6.05. The van der Waals surface area contributed by atoms with E-state index in [1.54, 1.807) is 0 Å². The zero-order valence-corrected chi connectivity index (χ0v) is 12.7. The van der Waals surface area contributed by atoms with Crippen LogP contribution in [-0.2, 0) is 6.42 Å². The number of piperidine rings is 1. The maximum Gasteiger partial charge on any atom is 0.0361 e. The van der Waals surface area contributed by atoms with E-state index < -0.39 is 0 Å². The largest absolute Gasteiger partial charge is 0.378 e. The van der Waals surface area contributed by atoms with E-state index in [-0.39, 0.29) is 0 Å². The summed E-state index contributed by atoms with van der Waals surface area (Å²) in [6.45, 7) is 4.95. The van der Waals surface area contributed by atoms with Gasteiger partial charge < -0.3 is 9.80 Å². The number of hydrogen-bond donors (Lipinski definition) is 0. The van der Waals surface area contributed by atoms with E-state index in [1.807, 2.05) is 0 Å². The molecule has 106 valence electrons. The fourth-order valence-electron chi connectivity index (χ4n) is 2.94. The van der Waals surface area contributed by atoms with Crippen LogP contribution in [0.25, 0.3) is 0 Å². The Bertz CT molecular complexity index is 369. The number of rotatable bonds is 5. The maximum absolute atomic E-state index is 2.66. The number of nitrogens with zero attached hydrogens (tertiary/aromatic N) is 2. The zero-order chi connectivity index (χ0) is 13.7. The summed E-state index contributed by atoms with van der Waals surface area (Å²) in [6, 6.07) is 9.78. The molecule has 1 heterocycles. The summed E-state index contributed by atoms with van der Waals surface area (Å²) in [4.78, 5) is 4.82. The fourth-order valence-corrected chi connectivity index (χ4v) is 2.94. The fraction of sp³-hybridized carbons (Fsp3) is 0.647. The van der Waals surface area contributed by atoms with Crippen LogP contribution in [0.4, 0.5) is 5.69 Å². The molecule has 1 aliphatic heterocycles. The van der Waals surface area contributed by atoms with Crippen molar-refractivity contribution in [3.05, 3.63) is 29.8 Å². The first-order valence-electron chi connectivity index (χ1n) is 7.67. The molecule has 2 nitrogen and oxygen atoms in total. The standard InChI is InChI=1S/C17H28N2/c1-15-7-4-5-13-19(15)14-6-8-16-9-11-17(12-10-16)18(2)3/h9-12,15H,4-8,13-14H2,1-3H3. The van der Waals surface area contributed by atoms with Crippen molar-refractivity contribution in [2.45, 2.75) is 45.1 Å². The zero-order valence-electron chi connectivity index (χ0n) is 12.7. The SMILES string of the molecule is CC1CCCCN1CCCc1ccc(N(C)C)cc1. The van der Waals surface area contributed by atoms with Gasteiger partial charge in [-0.1, -0.05) is 18.6 Å². The minimum atomic E-state index is 0.796. The van der Waals surface area contributed by atoms with E-state index in [0.29, 0.717) is 0 Å². The number of anilines is 1. The number of aryl methyl sites for hydroxylation is 1. The molecule has 1 aromatic rings. The van der Waals surface area contributed by atoms with Crippen LogP contribution in [0.3, 0.4) is 0 Å². The molecule has 0 amide bonds. The van der Waals surface area contributed by atoms with E-state index in [2.05, 4.69) is 55.1 Å². The molecule has 0 bridgehead atoms. The average Bonchev–Trinajstić information content (AvgIpc) is 2.41. The van der Waals surface area contributed by atoms with Crippen LogP contribution >= 0.6 is 0 Å². The number of hydrogen-bond acceptors (Lipinski definition) is 2. The minimum absolute atomic E-state index is 0.796. The van der Waals surface area contributed by atoms with Crippen molar-refractivity contribution in [3.63, 3.8) is 0 Å². The second kappa shape index (κ2) is 6.95. The Hall–Kier alpha value is -1.02. The summed E-state index contributed by atoms with van der Waals surface area (Å²) in [5.74, 6) is 0. The Balaban J connectivity index is 1.75. The van der Waals surface area contributed by atoms with Gasteiger partial charge in [0.15, 0.2) is 0 Å². The third-order valence-corrected chi connectivity index (χ3v) is 4.30. The van der Waals surface area contributed by atoms with Crippen LogP contribution in [0.5, 0.6) is 0 Å². The van der Waals surface area contributed by atoms with E-state index in [0.717, 1.165) is 6.04 Å². The molecule has 1 aromatic carbocycles. The summed E-state index contributed by atoms with van der Waals surface area (Å²) in [7, 11) is 4.18. The molecule has 1 fully saturated rings. The molecule has 0 aliphatic carbocycles. The van der Waals surface area contributed by atoms with Crippen LogP contribution in [0, 0.1) is 0 Å². The van der Waals surface area contributed by atoms with Gasteiger partial charge in [-0.3, -0.25) is 0 Å². The van der Waals surface area contributed by atoms with Crippen LogP contribution < -0.4 is 4.90 Å². The van der Waals surface area contributed by atoms with E-state index in [9.17, 15) is 0 Å². The molecule has 1 atom stereocenters. The highest BCUT2D eigenvalue weighted by atomic mass is 15.1. The van der Waals surface area contributed by atoms with Gasteiger partial charge in [-0.15, -0.1) is 0 Å². The van der Waals surface area contributed by atoms with Crippen LogP contribution in [0.1, 0.15) is 38.2 Å². The van der Waals surface area contributed by atoms with Gasteiger partial charge in [-0.25, -0.2) is 0 Å². The van der Waals surface area contributed by atoms with Crippen molar-refractivity contribution >= 4 is 5.69 Å². The van der Waals surface area contributed by atoms with Gasteiger partial charge >= 0.3 is 0 Å². The van der Waals surface area contributed by atoms with Gasteiger partial charge in [-0.05, 0) is 63.4 Å². The van der Waals surface area contributed by atoms with Crippen molar-refractivity contribution in [3.8, 4) is 0 Å². The van der Waals surface area contributed by atoms with Gasteiger partial charge in [0, 0.05) is 25.8 Å². The second-order valence-corrected chi connectivity index (χ2v) is 6.05. The van der Waals surface area contributed by atoms with Crippen LogP contribution in [0.15, 0.2) is 24.3 Å². The third-order valence-electron chi connectivity index (χ3n) is 4.30. The first kappa shape index (κ1) is 14.4. The summed E-state index contributed by atoms with van der Waals surface area (Å²) >= 11 is 0. The predicted molar refractivity (Wildman–Crippen MR) is 84.0 cm³/mol. The van der Waals surface area contributed by atoms with Gasteiger partial charge in [0.25, 0.3) is 0 Å². The predicted octanol–water partition coefficient (Wildman–Crippen LogP) is 3.56. The molecule has 19 heavy (non-hydrogen) atoms. The number of benzene rings is 1. The lowest BCUT2D eigenvalue weighted by Gasteiger charge is -2.33. The first-order valence-corrected chi connectivity index (χ1v) is 7.67. The Morgan fingerprint density at radius 1 is 1.16 bits per heavy atom. The van der Waals surface area contributed by atoms with Crippen molar-refractivity contribution in [2.24, 2.45) is 0 Å². The van der Waals surface area contributed by atoms with Crippen molar-refractivity contribution in [1.82, 2.24) is 4.90 Å². The molecule has 1 saturated heterocycles. The van der Waals surface area contributed by atoms with E-state index in [4.69, 9.17) is 0 Å². The van der Waals surface area contributed by atoms with Gasteiger partial charge in [0.2, 0.25) is 0 Å². The normalized spacial score (nSPS) is 20.5. The molecular formula is C17H28N2. The third kappa shape index (κ3) is 4.24. The van der Waals surface area contributed by atoms with Crippen molar-refractivity contribution < 1.29 is 0 Å². The summed E-state index contributed by atoms with van der Waals surface area (Å²) in [5, 5.41) is 0. The Kier molecular flexibility index (Phi) is 5.26. The van der Waals surface area contributed by atoms with E-state index in [1.165, 1.54) is 56.4 Å². The Labute approximate surface area is 118 Å². The summed E-state index contributed by atoms with van der Waals surface area (Å²) in [5.41, 5.74) is 2.75. The molecule has 0 aromatic heterocycles. The molecule has 0 N–H and O–H groups in total. The van der Waals surface area contributed by atoms with Crippen molar-refractivity contribution in [1.29, 1.82) is 0 Å². The monoisotopic (exact) mass is 260 g/mol. The molecule has 1 aliphatic rings. The Morgan fingerprint density at radius 3 is 2.53 bits per heavy atom. The summed E-state index contributed by atoms with van der Waals surface area (Å²) in [6.07, 6.45) is 6.69. The molecule has 0 radical (unpaired) electrons. The highest BCUT2D eigenvalue weighted by Gasteiger charge is 2.16. The quantitative estimate of drug-likeness (QED) is 0.798. The Morgan fingerprint density at radius 2 is 1.89 bits per heavy atom. The molecule has 1 unspecified atom stereocenters. The summed E-state index contributed by atoms with van der Waals surface area (Å²) < 4.78 is 0. The van der Waals surface area contributed by atoms with Crippen LogP contribution in [0.2, 0.25) is 0 Å². The molecule has 0 spiro atoms. The van der Waals surface area contributed by atoms with Gasteiger partial charge in [0.1, 0.15) is 0 Å². The first-order chi connectivity index (χ1) is 9.16. The topological polar surface area (TPSA) is 6.48 Å². The highest BCUT2D eigenvalue weighted by molar-refractivity contribution is 5.45. The molecule has 0 saturated carbocycles. The lowest BCUT2D eigenvalue weighted by atomic mass is 10.0. The molecule has 2 rings (SSSR count). The maximum atomic E-state index is 2.66. The molecular weight excluding hydrogens is 232 g/mol. The number of likely N-dealkylation sites (tertiary alicyclic amines) is 1. The average molecular weight is 260 g/mol. The lowest BCUT2D eigenvalue weighted by molar-refractivity contribution is 0.159. The highest BCUT2D eigenvalue weighted by Crippen LogP contribution is 2.18. The smallest absolute Gasteiger partial charge is 0.0361 e. The minimum Gasteiger partial charge on any atom is -0.378 e. The van der Waals surface area contributed by atoms with Gasteiger partial charge in [-0.2, -0.15) is 0 Å².